The van der Waals surface area contributed by atoms with Crippen LogP contribution in [-0.4, -0.2) is 43.5 Å². The van der Waals surface area contributed by atoms with Crippen LogP contribution in [-0.2, 0) is 25.5 Å². The van der Waals surface area contributed by atoms with E-state index < -0.39 is 61.3 Å². The van der Waals surface area contributed by atoms with Crippen LogP contribution in [0.3, 0.4) is 0 Å². The van der Waals surface area contributed by atoms with E-state index in [2.05, 4.69) is 20.3 Å². The number of carbonyl (C=O) groups is 2. The largest absolute Gasteiger partial charge is 0.508 e. The quantitative estimate of drug-likeness (QED) is 0.616. The van der Waals surface area contributed by atoms with Gasteiger partial charge in [-0.3, -0.25) is 10.1 Å². The summed E-state index contributed by atoms with van der Waals surface area (Å²) in [6, 6.07) is 0.458. The first-order chi connectivity index (χ1) is 14.7. The standard InChI is InChI=1S/C18H20F3N3O7S/c1-6-29-17(26)30-9(3)12-7-11(15(25)22-16-24-23-10(4)31-16)8(2)14(32(5,27)28)13(12)18(19,20)21/h7,9H,6H2,1-5H3,(H,22,24,25). The number of carbonyl (C=O) groups excluding carboxylic acids is 2. The van der Waals surface area contributed by atoms with Crippen molar-refractivity contribution in [3.05, 3.63) is 34.2 Å². The maximum absolute atomic E-state index is 14.0. The highest BCUT2D eigenvalue weighted by Gasteiger charge is 2.42. The van der Waals surface area contributed by atoms with Crippen molar-refractivity contribution in [1.82, 2.24) is 10.2 Å². The number of halogens is 3. The van der Waals surface area contributed by atoms with Crippen molar-refractivity contribution >= 4 is 27.9 Å². The topological polar surface area (TPSA) is 138 Å². The number of nitrogens with one attached hydrogen (secondary N) is 1. The summed E-state index contributed by atoms with van der Waals surface area (Å²) in [6.45, 7) is 4.95. The average Bonchev–Trinajstić information content (AvgIpc) is 3.03. The number of nitrogens with zero attached hydrogens (tertiary/aromatic N) is 2. The first-order valence-electron chi connectivity index (χ1n) is 9.06. The Morgan fingerprint density at radius 1 is 1.25 bits per heavy atom. The van der Waals surface area contributed by atoms with Gasteiger partial charge >= 0.3 is 18.3 Å². The molecule has 2 aromatic rings. The van der Waals surface area contributed by atoms with E-state index in [1.807, 2.05) is 0 Å². The van der Waals surface area contributed by atoms with Gasteiger partial charge < -0.3 is 13.9 Å². The van der Waals surface area contributed by atoms with Crippen molar-refractivity contribution in [3.8, 4) is 0 Å². The minimum Gasteiger partial charge on any atom is -0.435 e. The normalized spacial score (nSPS) is 12.9. The number of alkyl halides is 3. The zero-order valence-corrected chi connectivity index (χ0v) is 18.5. The molecule has 0 spiro atoms. The highest BCUT2D eigenvalue weighted by Crippen LogP contribution is 2.42. The zero-order valence-electron chi connectivity index (χ0n) is 17.7. The number of anilines is 1. The van der Waals surface area contributed by atoms with Crippen LogP contribution in [0.25, 0.3) is 0 Å². The Bertz CT molecular complexity index is 1140. The van der Waals surface area contributed by atoms with Gasteiger partial charge in [0.2, 0.25) is 5.89 Å². The number of hydrogen-bond acceptors (Lipinski definition) is 9. The van der Waals surface area contributed by atoms with Crippen LogP contribution in [0.15, 0.2) is 15.4 Å². The molecule has 0 fully saturated rings. The minimum atomic E-state index is -5.15. The molecule has 14 heteroatoms. The number of sulfone groups is 1. The number of aromatic nitrogens is 2. The maximum Gasteiger partial charge on any atom is 0.508 e. The smallest absolute Gasteiger partial charge is 0.435 e. The highest BCUT2D eigenvalue weighted by molar-refractivity contribution is 7.90. The monoisotopic (exact) mass is 479 g/mol. The van der Waals surface area contributed by atoms with Crippen molar-refractivity contribution in [1.29, 1.82) is 0 Å². The van der Waals surface area contributed by atoms with Crippen molar-refractivity contribution in [2.24, 2.45) is 0 Å². The summed E-state index contributed by atoms with van der Waals surface area (Å²) < 4.78 is 81.1. The van der Waals surface area contributed by atoms with Crippen molar-refractivity contribution in [2.75, 3.05) is 18.2 Å². The Kier molecular flexibility index (Phi) is 7.17. The van der Waals surface area contributed by atoms with Crippen LogP contribution in [0.4, 0.5) is 24.0 Å². The van der Waals surface area contributed by atoms with Crippen LogP contribution in [0.5, 0.6) is 0 Å². The van der Waals surface area contributed by atoms with Gasteiger partial charge in [-0.2, -0.15) is 13.2 Å². The molecule has 0 aliphatic rings. The lowest BCUT2D eigenvalue weighted by Crippen LogP contribution is -2.24. The molecule has 1 atom stereocenters. The molecule has 0 aliphatic carbocycles. The van der Waals surface area contributed by atoms with E-state index in [9.17, 15) is 31.2 Å². The minimum absolute atomic E-state index is 0.0998. The fraction of sp³-hybridized carbons (Fsp3) is 0.444. The molecule has 32 heavy (non-hydrogen) atoms. The van der Waals surface area contributed by atoms with Crippen molar-refractivity contribution < 1.29 is 45.1 Å². The third kappa shape index (κ3) is 5.55. The fourth-order valence-electron chi connectivity index (χ4n) is 2.96. The van der Waals surface area contributed by atoms with E-state index in [0.717, 1.165) is 19.9 Å². The molecular formula is C18H20F3N3O7S. The van der Waals surface area contributed by atoms with Gasteiger partial charge in [0.1, 0.15) is 6.10 Å². The Labute approximate surface area is 181 Å². The molecule has 1 aromatic heterocycles. The predicted molar refractivity (Wildman–Crippen MR) is 103 cm³/mol. The number of aryl methyl sites for hydroxylation is 1. The summed E-state index contributed by atoms with van der Waals surface area (Å²) >= 11 is 0. The Balaban J connectivity index is 2.75. The van der Waals surface area contributed by atoms with E-state index in [0.29, 0.717) is 6.26 Å². The molecule has 0 aliphatic heterocycles. The Morgan fingerprint density at radius 2 is 1.88 bits per heavy atom. The van der Waals surface area contributed by atoms with Gasteiger partial charge in [-0.05, 0) is 32.4 Å². The number of rotatable bonds is 6. The first kappa shape index (κ1) is 25.1. The van der Waals surface area contributed by atoms with Gasteiger partial charge in [0.05, 0.1) is 17.1 Å². The lowest BCUT2D eigenvalue weighted by Gasteiger charge is -2.24. The molecule has 0 saturated heterocycles. The van der Waals surface area contributed by atoms with E-state index >= 15 is 0 Å². The van der Waals surface area contributed by atoms with Gasteiger partial charge in [0, 0.05) is 24.3 Å². The lowest BCUT2D eigenvalue weighted by molar-refractivity contribution is -0.141. The Hall–Kier alpha value is -3.16. The molecule has 10 nitrogen and oxygen atoms in total. The molecule has 1 amide bonds. The third-order valence-electron chi connectivity index (χ3n) is 4.18. The summed E-state index contributed by atoms with van der Waals surface area (Å²) in [5, 5.41) is 9.26. The molecular weight excluding hydrogens is 459 g/mol. The number of ether oxygens (including phenoxy) is 2. The summed E-state index contributed by atoms with van der Waals surface area (Å²) in [6.07, 6.45) is -7.44. The number of benzene rings is 1. The summed E-state index contributed by atoms with van der Waals surface area (Å²) in [5.74, 6) is -0.896. The molecule has 1 unspecified atom stereocenters. The van der Waals surface area contributed by atoms with Gasteiger partial charge in [-0.25, -0.2) is 13.2 Å². The van der Waals surface area contributed by atoms with Crippen LogP contribution < -0.4 is 5.32 Å². The van der Waals surface area contributed by atoms with E-state index in [1.165, 1.54) is 13.8 Å². The lowest BCUT2D eigenvalue weighted by atomic mass is 9.95. The predicted octanol–water partition coefficient (Wildman–Crippen LogP) is 3.60. The second kappa shape index (κ2) is 9.14. The highest BCUT2D eigenvalue weighted by atomic mass is 32.2. The van der Waals surface area contributed by atoms with E-state index in [4.69, 9.17) is 9.15 Å². The molecule has 2 rings (SSSR count). The summed E-state index contributed by atoms with van der Waals surface area (Å²) in [4.78, 5) is 23.3. The molecule has 1 N–H and O–H groups in total. The summed E-state index contributed by atoms with van der Waals surface area (Å²) in [5.41, 5.74) is -3.17. The van der Waals surface area contributed by atoms with Crippen molar-refractivity contribution in [2.45, 2.75) is 44.9 Å². The van der Waals surface area contributed by atoms with Crippen LogP contribution in [0.2, 0.25) is 0 Å². The van der Waals surface area contributed by atoms with Crippen LogP contribution >= 0.6 is 0 Å². The molecule has 1 aromatic carbocycles. The Morgan fingerprint density at radius 3 is 2.34 bits per heavy atom. The molecule has 176 valence electrons. The summed E-state index contributed by atoms with van der Waals surface area (Å²) in [7, 11) is -4.49. The molecule has 0 saturated carbocycles. The van der Waals surface area contributed by atoms with Gasteiger partial charge in [-0.15, -0.1) is 5.10 Å². The van der Waals surface area contributed by atoms with Crippen LogP contribution in [0.1, 0.15) is 52.9 Å². The maximum atomic E-state index is 14.0. The van der Waals surface area contributed by atoms with Gasteiger partial charge in [0.25, 0.3) is 5.91 Å². The SMILES string of the molecule is CCOC(=O)OC(C)c1cc(C(=O)Nc2nnc(C)o2)c(C)c(S(C)(=O)=O)c1C(F)(F)F. The average molecular weight is 479 g/mol. The molecule has 0 bridgehead atoms. The van der Waals surface area contributed by atoms with Crippen LogP contribution in [0, 0.1) is 13.8 Å². The number of amides is 1. The zero-order chi connectivity index (χ0) is 24.4. The van der Waals surface area contributed by atoms with E-state index in [-0.39, 0.29) is 18.5 Å². The third-order valence-corrected chi connectivity index (χ3v) is 5.43. The van der Waals surface area contributed by atoms with Gasteiger partial charge in [0.15, 0.2) is 9.84 Å². The van der Waals surface area contributed by atoms with Gasteiger partial charge in [-0.1, -0.05) is 5.10 Å². The van der Waals surface area contributed by atoms with E-state index in [1.54, 1.807) is 0 Å². The molecule has 0 radical (unpaired) electrons. The first-order valence-corrected chi connectivity index (χ1v) is 11.0. The number of hydrogen-bond donors (Lipinski definition) is 1. The second-order valence-corrected chi connectivity index (χ2v) is 8.59. The van der Waals surface area contributed by atoms with Crippen molar-refractivity contribution in [3.63, 3.8) is 0 Å². The second-order valence-electron chi connectivity index (χ2n) is 6.64. The fourth-order valence-corrected chi connectivity index (χ4v) is 4.23. The molecule has 1 heterocycles.